The number of amides is 1. The number of fused-ring (bicyclic) bond motifs is 1. The number of aryl methyl sites for hydroxylation is 1. The maximum absolute atomic E-state index is 11.8. The number of Topliss-reactive ketones (excluding diaryl/α,β-unsaturated/α-hetero) is 1. The molecule has 0 unspecified atom stereocenters. The number of para-hydroxylation sites is 1. The number of anilines is 1. The van der Waals surface area contributed by atoms with Crippen LogP contribution in [0.2, 0.25) is 0 Å². The lowest BCUT2D eigenvalue weighted by atomic mass is 10.1. The topological polar surface area (TPSA) is 37.4 Å². The zero-order valence-electron chi connectivity index (χ0n) is 9.78. The van der Waals surface area contributed by atoms with Crippen LogP contribution >= 0.6 is 0 Å². The quantitative estimate of drug-likeness (QED) is 0.712. The molecule has 1 amide bonds. The maximum atomic E-state index is 11.8. The second-order valence-corrected chi connectivity index (χ2v) is 4.61. The van der Waals surface area contributed by atoms with Gasteiger partial charge in [-0.1, -0.05) is 26.0 Å². The van der Waals surface area contributed by atoms with Gasteiger partial charge in [0.05, 0.1) is 11.3 Å². The molecule has 0 bridgehead atoms. The molecule has 0 saturated heterocycles. The molecule has 3 nitrogen and oxygen atoms in total. The molecular formula is C13H15NO2. The van der Waals surface area contributed by atoms with Gasteiger partial charge < -0.3 is 4.90 Å². The van der Waals surface area contributed by atoms with Gasteiger partial charge in [-0.25, -0.2) is 0 Å². The van der Waals surface area contributed by atoms with Gasteiger partial charge in [-0.15, -0.1) is 0 Å². The van der Waals surface area contributed by atoms with E-state index in [1.807, 2.05) is 32.9 Å². The number of carbonyl (C=O) groups excluding carboxylic acids is 2. The molecule has 1 heterocycles. The first-order valence-electron chi connectivity index (χ1n) is 5.48. The lowest BCUT2D eigenvalue weighted by molar-refractivity contribution is -0.114. The van der Waals surface area contributed by atoms with Crippen molar-refractivity contribution >= 4 is 17.4 Å². The molecule has 1 aliphatic rings. The van der Waals surface area contributed by atoms with Crippen LogP contribution in [0.15, 0.2) is 18.2 Å². The first kappa shape index (κ1) is 10.9. The highest BCUT2D eigenvalue weighted by Gasteiger charge is 2.36. The molecule has 1 aromatic rings. The van der Waals surface area contributed by atoms with Crippen LogP contribution in [0.25, 0.3) is 0 Å². The lowest BCUT2D eigenvalue weighted by Crippen LogP contribution is -2.33. The summed E-state index contributed by atoms with van der Waals surface area (Å²) in [7, 11) is 0. The number of carbonyl (C=O) groups is 2. The predicted molar refractivity (Wildman–Crippen MR) is 62.7 cm³/mol. The van der Waals surface area contributed by atoms with Crippen molar-refractivity contribution in [2.24, 2.45) is 5.92 Å². The number of hydrogen-bond donors (Lipinski definition) is 0. The van der Waals surface area contributed by atoms with E-state index in [0.717, 1.165) is 11.3 Å². The Morgan fingerprint density at radius 3 is 2.56 bits per heavy atom. The lowest BCUT2D eigenvalue weighted by Gasteiger charge is -2.20. The minimum absolute atomic E-state index is 0.349. The van der Waals surface area contributed by atoms with Gasteiger partial charge in [0, 0.05) is 6.54 Å². The first-order valence-corrected chi connectivity index (χ1v) is 5.48. The van der Waals surface area contributed by atoms with Crippen LogP contribution in [0.3, 0.4) is 0 Å². The van der Waals surface area contributed by atoms with Crippen LogP contribution in [-0.4, -0.2) is 18.2 Å². The normalized spacial score (nSPS) is 14.9. The Bertz CT molecular complexity index is 463. The van der Waals surface area contributed by atoms with E-state index in [4.69, 9.17) is 0 Å². The van der Waals surface area contributed by atoms with Crippen LogP contribution in [0.4, 0.5) is 5.69 Å². The predicted octanol–water partition coefficient (Wildman–Crippen LogP) is 2.18. The summed E-state index contributed by atoms with van der Waals surface area (Å²) in [5.74, 6) is -0.417. The van der Waals surface area contributed by atoms with Gasteiger partial charge in [0.25, 0.3) is 11.7 Å². The third kappa shape index (κ3) is 1.52. The summed E-state index contributed by atoms with van der Waals surface area (Å²) in [5.41, 5.74) is 2.33. The summed E-state index contributed by atoms with van der Waals surface area (Å²) in [6, 6.07) is 5.47. The molecule has 84 valence electrons. The molecule has 2 rings (SSSR count). The molecular weight excluding hydrogens is 202 g/mol. The van der Waals surface area contributed by atoms with Crippen molar-refractivity contribution in [2.45, 2.75) is 20.8 Å². The van der Waals surface area contributed by atoms with Crippen molar-refractivity contribution in [3.05, 3.63) is 29.3 Å². The van der Waals surface area contributed by atoms with E-state index in [9.17, 15) is 9.59 Å². The number of benzene rings is 1. The van der Waals surface area contributed by atoms with Gasteiger partial charge in [0.2, 0.25) is 0 Å². The molecule has 0 aliphatic carbocycles. The number of nitrogens with zero attached hydrogens (tertiary/aromatic N) is 1. The van der Waals surface area contributed by atoms with Gasteiger partial charge in [-0.05, 0) is 24.5 Å². The molecule has 16 heavy (non-hydrogen) atoms. The smallest absolute Gasteiger partial charge is 0.299 e. The van der Waals surface area contributed by atoms with E-state index >= 15 is 0 Å². The number of hydrogen-bond acceptors (Lipinski definition) is 2. The number of rotatable bonds is 2. The van der Waals surface area contributed by atoms with Gasteiger partial charge in [0.15, 0.2) is 0 Å². The number of ketones is 1. The summed E-state index contributed by atoms with van der Waals surface area (Å²) < 4.78 is 0. The Labute approximate surface area is 95.1 Å². The third-order valence-electron chi connectivity index (χ3n) is 2.74. The van der Waals surface area contributed by atoms with Crippen molar-refractivity contribution in [3.8, 4) is 0 Å². The second-order valence-electron chi connectivity index (χ2n) is 4.61. The van der Waals surface area contributed by atoms with Crippen LogP contribution < -0.4 is 4.90 Å². The van der Waals surface area contributed by atoms with Crippen molar-refractivity contribution in [1.29, 1.82) is 0 Å². The van der Waals surface area contributed by atoms with E-state index in [0.29, 0.717) is 18.0 Å². The largest absolute Gasteiger partial charge is 0.304 e. The third-order valence-corrected chi connectivity index (χ3v) is 2.74. The maximum Gasteiger partial charge on any atom is 0.299 e. The Kier molecular flexibility index (Phi) is 2.54. The molecule has 0 aromatic heterocycles. The summed E-state index contributed by atoms with van der Waals surface area (Å²) in [4.78, 5) is 25.2. The molecule has 0 fully saturated rings. The van der Waals surface area contributed by atoms with Crippen molar-refractivity contribution in [3.63, 3.8) is 0 Å². The molecule has 1 aromatic carbocycles. The van der Waals surface area contributed by atoms with Crippen molar-refractivity contribution in [1.82, 2.24) is 0 Å². The monoisotopic (exact) mass is 217 g/mol. The fourth-order valence-electron chi connectivity index (χ4n) is 2.08. The van der Waals surface area contributed by atoms with E-state index in [2.05, 4.69) is 0 Å². The fraction of sp³-hybridized carbons (Fsp3) is 0.385. The zero-order valence-corrected chi connectivity index (χ0v) is 9.78. The van der Waals surface area contributed by atoms with E-state index in [-0.39, 0.29) is 5.78 Å². The Morgan fingerprint density at radius 1 is 1.25 bits per heavy atom. The standard InChI is InChI=1S/C13H15NO2/c1-8(2)7-14-11-9(3)5-4-6-10(11)12(15)13(14)16/h4-6,8H,7H2,1-3H3. The Morgan fingerprint density at radius 2 is 1.94 bits per heavy atom. The van der Waals surface area contributed by atoms with Crippen LogP contribution in [0, 0.1) is 12.8 Å². The highest BCUT2D eigenvalue weighted by molar-refractivity contribution is 6.52. The van der Waals surface area contributed by atoms with E-state index in [1.54, 1.807) is 11.0 Å². The van der Waals surface area contributed by atoms with Crippen molar-refractivity contribution in [2.75, 3.05) is 11.4 Å². The van der Waals surface area contributed by atoms with Crippen LogP contribution in [-0.2, 0) is 4.79 Å². The summed E-state index contributed by atoms with van der Waals surface area (Å²) in [6.07, 6.45) is 0. The summed E-state index contributed by atoms with van der Waals surface area (Å²) in [6.45, 7) is 6.60. The fourth-order valence-corrected chi connectivity index (χ4v) is 2.08. The minimum atomic E-state index is -0.391. The van der Waals surface area contributed by atoms with Gasteiger partial charge in [0.1, 0.15) is 0 Å². The molecule has 0 saturated carbocycles. The first-order chi connectivity index (χ1) is 7.52. The average Bonchev–Trinajstić information content (AvgIpc) is 2.45. The zero-order chi connectivity index (χ0) is 11.9. The molecule has 0 radical (unpaired) electrons. The average molecular weight is 217 g/mol. The highest BCUT2D eigenvalue weighted by Crippen LogP contribution is 2.32. The molecule has 1 aliphatic heterocycles. The second kappa shape index (κ2) is 3.74. The van der Waals surface area contributed by atoms with Gasteiger partial charge in [-0.3, -0.25) is 9.59 Å². The van der Waals surface area contributed by atoms with Gasteiger partial charge >= 0.3 is 0 Å². The Balaban J connectivity index is 2.51. The summed E-state index contributed by atoms with van der Waals surface area (Å²) in [5, 5.41) is 0. The van der Waals surface area contributed by atoms with Gasteiger partial charge in [-0.2, -0.15) is 0 Å². The molecule has 3 heteroatoms. The van der Waals surface area contributed by atoms with Crippen LogP contribution in [0.1, 0.15) is 29.8 Å². The SMILES string of the molecule is Cc1cccc2c1N(CC(C)C)C(=O)C2=O. The molecule has 0 N–H and O–H groups in total. The molecule has 0 atom stereocenters. The molecule has 0 spiro atoms. The van der Waals surface area contributed by atoms with E-state index in [1.165, 1.54) is 0 Å². The van der Waals surface area contributed by atoms with Crippen LogP contribution in [0.5, 0.6) is 0 Å². The van der Waals surface area contributed by atoms with E-state index < -0.39 is 5.91 Å². The Hall–Kier alpha value is -1.64. The minimum Gasteiger partial charge on any atom is -0.304 e. The van der Waals surface area contributed by atoms with Crippen molar-refractivity contribution < 1.29 is 9.59 Å². The summed E-state index contributed by atoms with van der Waals surface area (Å²) >= 11 is 0. The highest BCUT2D eigenvalue weighted by atomic mass is 16.2.